The van der Waals surface area contributed by atoms with Gasteiger partial charge in [-0.3, -0.25) is 14.4 Å². The Bertz CT molecular complexity index is 1140. The van der Waals surface area contributed by atoms with Gasteiger partial charge in [-0.2, -0.15) is 0 Å². The molecule has 324 valence electrons. The lowest BCUT2D eigenvalue weighted by atomic mass is 10.1. The van der Waals surface area contributed by atoms with Crippen LogP contribution in [0.1, 0.15) is 201 Å². The highest BCUT2D eigenvalue weighted by Crippen LogP contribution is 2.14. The van der Waals surface area contributed by atoms with Gasteiger partial charge in [0.15, 0.2) is 6.10 Å². The summed E-state index contributed by atoms with van der Waals surface area (Å²) in [4.78, 5) is 37.6. The van der Waals surface area contributed by atoms with Crippen LogP contribution in [-0.4, -0.2) is 37.2 Å². The minimum Gasteiger partial charge on any atom is -0.462 e. The Morgan fingerprint density at radius 1 is 0.386 bits per heavy atom. The van der Waals surface area contributed by atoms with Gasteiger partial charge in [-0.25, -0.2) is 0 Å². The summed E-state index contributed by atoms with van der Waals surface area (Å²) in [6, 6.07) is 0. The summed E-state index contributed by atoms with van der Waals surface area (Å²) in [6.45, 7) is 6.27. The highest BCUT2D eigenvalue weighted by molar-refractivity contribution is 5.72. The predicted molar refractivity (Wildman–Crippen MR) is 242 cm³/mol. The van der Waals surface area contributed by atoms with E-state index in [4.69, 9.17) is 14.2 Å². The molecule has 0 fully saturated rings. The second-order valence-corrected chi connectivity index (χ2v) is 14.9. The van der Waals surface area contributed by atoms with Crippen LogP contribution in [0.3, 0.4) is 0 Å². The summed E-state index contributed by atoms with van der Waals surface area (Å²) >= 11 is 0. The molecule has 0 amide bonds. The number of carbonyl (C=O) groups is 3. The van der Waals surface area contributed by atoms with E-state index in [1.54, 1.807) is 6.08 Å². The van der Waals surface area contributed by atoms with Gasteiger partial charge in [0.25, 0.3) is 0 Å². The number of hydrogen-bond acceptors (Lipinski definition) is 6. The van der Waals surface area contributed by atoms with Gasteiger partial charge in [0.1, 0.15) is 13.2 Å². The second kappa shape index (κ2) is 45.3. The molecule has 0 aliphatic heterocycles. The third-order valence-electron chi connectivity index (χ3n) is 9.43. The van der Waals surface area contributed by atoms with Gasteiger partial charge < -0.3 is 14.2 Å². The zero-order valence-corrected chi connectivity index (χ0v) is 36.8. The minimum absolute atomic E-state index is 0.111. The third-order valence-corrected chi connectivity index (χ3v) is 9.43. The van der Waals surface area contributed by atoms with E-state index >= 15 is 0 Å². The molecule has 0 N–H and O–H groups in total. The lowest BCUT2D eigenvalue weighted by molar-refractivity contribution is -0.166. The molecule has 0 rings (SSSR count). The molecule has 0 saturated heterocycles. The minimum atomic E-state index is -0.814. The first-order valence-electron chi connectivity index (χ1n) is 23.1. The molecular weight excluding hydrogens is 709 g/mol. The average molecular weight is 793 g/mol. The van der Waals surface area contributed by atoms with Gasteiger partial charge >= 0.3 is 17.9 Å². The van der Waals surface area contributed by atoms with Gasteiger partial charge in [-0.05, 0) is 70.6 Å². The van der Waals surface area contributed by atoms with Crippen molar-refractivity contribution >= 4 is 17.9 Å². The van der Waals surface area contributed by atoms with Gasteiger partial charge in [0.05, 0.1) is 6.42 Å². The van der Waals surface area contributed by atoms with Crippen LogP contribution < -0.4 is 0 Å². The van der Waals surface area contributed by atoms with Gasteiger partial charge in [-0.1, -0.05) is 196 Å². The van der Waals surface area contributed by atoms with Gasteiger partial charge in [-0.15, -0.1) is 0 Å². The maximum atomic E-state index is 12.7. The van der Waals surface area contributed by atoms with Crippen LogP contribution in [0.2, 0.25) is 0 Å². The van der Waals surface area contributed by atoms with Crippen molar-refractivity contribution in [2.24, 2.45) is 0 Å². The number of unbranched alkanes of at least 4 members (excludes halogenated alkanes) is 16. The van der Waals surface area contributed by atoms with Crippen LogP contribution in [0.5, 0.6) is 0 Å². The Morgan fingerprint density at radius 2 is 0.754 bits per heavy atom. The first-order chi connectivity index (χ1) is 28.0. The Hall–Kier alpha value is -3.41. The van der Waals surface area contributed by atoms with E-state index in [-0.39, 0.29) is 31.6 Å². The molecule has 0 aromatic rings. The maximum Gasteiger partial charge on any atom is 0.309 e. The SMILES string of the molecule is CC/C=C\C/C=C\C/C=C\C/C=C\CCCCCCCCC(=O)OCC(COC(=O)C/C=C\C/C=C\C/C=C\CC)OC(=O)CCCCCCCCCCCCC. The van der Waals surface area contributed by atoms with Gasteiger partial charge in [0.2, 0.25) is 0 Å². The van der Waals surface area contributed by atoms with E-state index in [2.05, 4.69) is 93.7 Å². The number of esters is 3. The zero-order valence-electron chi connectivity index (χ0n) is 36.8. The normalized spacial score (nSPS) is 12.8. The lowest BCUT2D eigenvalue weighted by Crippen LogP contribution is -2.30. The molecule has 0 aromatic heterocycles. The summed E-state index contributed by atoms with van der Waals surface area (Å²) in [6.07, 6.45) is 57.4. The number of allylic oxidation sites excluding steroid dienone is 13. The smallest absolute Gasteiger partial charge is 0.309 e. The van der Waals surface area contributed by atoms with Crippen molar-refractivity contribution in [3.63, 3.8) is 0 Å². The predicted octanol–water partition coefficient (Wildman–Crippen LogP) is 14.9. The number of hydrogen-bond donors (Lipinski definition) is 0. The molecule has 0 aliphatic carbocycles. The van der Waals surface area contributed by atoms with Crippen LogP contribution in [0.4, 0.5) is 0 Å². The molecule has 0 bridgehead atoms. The number of carbonyl (C=O) groups excluding carboxylic acids is 3. The molecule has 0 heterocycles. The van der Waals surface area contributed by atoms with Crippen LogP contribution in [0.15, 0.2) is 85.1 Å². The van der Waals surface area contributed by atoms with E-state index < -0.39 is 12.1 Å². The molecular formula is C51H84O6. The van der Waals surface area contributed by atoms with Crippen LogP contribution >= 0.6 is 0 Å². The van der Waals surface area contributed by atoms with Crippen molar-refractivity contribution in [2.45, 2.75) is 207 Å². The molecule has 0 aromatic carbocycles. The first-order valence-corrected chi connectivity index (χ1v) is 23.1. The number of ether oxygens (including phenoxy) is 3. The van der Waals surface area contributed by atoms with Gasteiger partial charge in [0, 0.05) is 12.8 Å². The van der Waals surface area contributed by atoms with Crippen LogP contribution in [-0.2, 0) is 28.6 Å². The van der Waals surface area contributed by atoms with Crippen molar-refractivity contribution in [1.82, 2.24) is 0 Å². The van der Waals surface area contributed by atoms with E-state index in [9.17, 15) is 14.4 Å². The number of rotatable bonds is 40. The van der Waals surface area contributed by atoms with E-state index in [0.717, 1.165) is 96.3 Å². The van der Waals surface area contributed by atoms with Crippen molar-refractivity contribution < 1.29 is 28.6 Å². The standard InChI is InChI=1S/C51H84O6/c1-4-7-10-13-16-19-21-22-23-24-25-26-27-28-30-32-35-38-41-44-50(53)56-47-48(46-55-49(52)43-40-37-34-31-18-15-12-9-6-3)57-51(54)45-42-39-36-33-29-20-17-14-11-8-5-2/h7,9-10,12,16,18-19,22-23,25-26,31,37,40,48H,4-6,8,11,13-15,17,20-21,24,27-30,32-36,38-39,41-47H2,1-3H3/b10-7-,12-9-,19-16-,23-22-,26-25-,31-18-,40-37-. The summed E-state index contributed by atoms with van der Waals surface area (Å²) in [5, 5.41) is 0. The summed E-state index contributed by atoms with van der Waals surface area (Å²) in [5.74, 6) is -1.06. The maximum absolute atomic E-state index is 12.7. The Labute approximate surface area is 350 Å². The van der Waals surface area contributed by atoms with E-state index in [1.165, 1.54) is 64.2 Å². The van der Waals surface area contributed by atoms with E-state index in [0.29, 0.717) is 12.8 Å². The first kappa shape index (κ1) is 53.6. The molecule has 0 aliphatic rings. The Balaban J connectivity index is 4.39. The molecule has 57 heavy (non-hydrogen) atoms. The summed E-state index contributed by atoms with van der Waals surface area (Å²) in [5.41, 5.74) is 0. The molecule has 6 nitrogen and oxygen atoms in total. The van der Waals surface area contributed by atoms with Crippen molar-refractivity contribution in [3.05, 3.63) is 85.1 Å². The highest BCUT2D eigenvalue weighted by Gasteiger charge is 2.19. The van der Waals surface area contributed by atoms with Crippen molar-refractivity contribution in [3.8, 4) is 0 Å². The Kier molecular flexibility index (Phi) is 42.6. The fourth-order valence-electron chi connectivity index (χ4n) is 6.02. The monoisotopic (exact) mass is 793 g/mol. The molecule has 0 spiro atoms. The lowest BCUT2D eigenvalue weighted by Gasteiger charge is -2.18. The van der Waals surface area contributed by atoms with Crippen LogP contribution in [0.25, 0.3) is 0 Å². The molecule has 0 saturated carbocycles. The second-order valence-electron chi connectivity index (χ2n) is 14.9. The topological polar surface area (TPSA) is 78.9 Å². The average Bonchev–Trinajstić information content (AvgIpc) is 3.21. The molecule has 1 atom stereocenters. The molecule has 1 unspecified atom stereocenters. The largest absolute Gasteiger partial charge is 0.462 e. The van der Waals surface area contributed by atoms with Crippen LogP contribution in [0, 0.1) is 0 Å². The fraction of sp³-hybridized carbons (Fsp3) is 0.667. The van der Waals surface area contributed by atoms with Crippen molar-refractivity contribution in [1.29, 1.82) is 0 Å². The summed E-state index contributed by atoms with van der Waals surface area (Å²) in [7, 11) is 0. The van der Waals surface area contributed by atoms with Crippen molar-refractivity contribution in [2.75, 3.05) is 13.2 Å². The van der Waals surface area contributed by atoms with E-state index in [1.807, 2.05) is 6.08 Å². The molecule has 0 radical (unpaired) electrons. The highest BCUT2D eigenvalue weighted by atomic mass is 16.6. The fourth-order valence-corrected chi connectivity index (χ4v) is 6.02. The third kappa shape index (κ3) is 43.6. The quantitative estimate of drug-likeness (QED) is 0.0266. The zero-order chi connectivity index (χ0) is 41.5. The summed E-state index contributed by atoms with van der Waals surface area (Å²) < 4.78 is 16.6. The Morgan fingerprint density at radius 3 is 1.23 bits per heavy atom. The molecule has 6 heteroatoms.